The van der Waals surface area contributed by atoms with Crippen LogP contribution < -0.4 is 10.2 Å². The summed E-state index contributed by atoms with van der Waals surface area (Å²) in [5.74, 6) is -0.364. The van der Waals surface area contributed by atoms with Gasteiger partial charge in [0.15, 0.2) is 0 Å². The lowest BCUT2D eigenvalue weighted by Crippen LogP contribution is -2.48. The van der Waals surface area contributed by atoms with Crippen LogP contribution in [0.25, 0.3) is 10.9 Å². The highest BCUT2D eigenvalue weighted by molar-refractivity contribution is 5.91. The van der Waals surface area contributed by atoms with Gasteiger partial charge in [-0.2, -0.15) is 5.10 Å². The van der Waals surface area contributed by atoms with E-state index in [9.17, 15) is 14.4 Å². The molecule has 11 heteroatoms. The van der Waals surface area contributed by atoms with Crippen molar-refractivity contribution in [3.63, 3.8) is 0 Å². The third-order valence-electron chi connectivity index (χ3n) is 7.70. The Bertz CT molecular complexity index is 1470. The fraction of sp³-hybridized carbons (Fsp3) is 0.500. The molecule has 1 aliphatic rings. The number of hydrogen-bond acceptors (Lipinski definition) is 7. The first-order valence-electron chi connectivity index (χ1n) is 14.8. The van der Waals surface area contributed by atoms with Crippen molar-refractivity contribution in [2.45, 2.75) is 60.2 Å². The number of carbonyl (C=O) groups is 3. The summed E-state index contributed by atoms with van der Waals surface area (Å²) in [4.78, 5) is 42.8. The first-order valence-corrected chi connectivity index (χ1v) is 14.8. The maximum absolute atomic E-state index is 13.7. The summed E-state index contributed by atoms with van der Waals surface area (Å²) in [6.45, 7) is 13.6. The largest absolute Gasteiger partial charge is 0.444 e. The highest BCUT2D eigenvalue weighted by Crippen LogP contribution is 2.29. The predicted molar refractivity (Wildman–Crippen MR) is 167 cm³/mol. The van der Waals surface area contributed by atoms with E-state index in [0.29, 0.717) is 26.2 Å². The Balaban J connectivity index is 1.49. The minimum atomic E-state index is -0.600. The van der Waals surface area contributed by atoms with Gasteiger partial charge in [-0.15, -0.1) is 0 Å². The molecule has 0 aliphatic carbocycles. The van der Waals surface area contributed by atoms with Gasteiger partial charge in [-0.05, 0) is 70.4 Å². The van der Waals surface area contributed by atoms with Gasteiger partial charge in [0.25, 0.3) is 5.91 Å². The second kappa shape index (κ2) is 13.0. The molecule has 0 atom stereocenters. The summed E-state index contributed by atoms with van der Waals surface area (Å²) >= 11 is 0. The van der Waals surface area contributed by atoms with E-state index in [1.54, 1.807) is 17.0 Å². The van der Waals surface area contributed by atoms with E-state index in [-0.39, 0.29) is 31.4 Å². The highest BCUT2D eigenvalue weighted by atomic mass is 16.6. The van der Waals surface area contributed by atoms with Crippen molar-refractivity contribution in [2.75, 3.05) is 44.7 Å². The van der Waals surface area contributed by atoms with Crippen molar-refractivity contribution in [3.05, 3.63) is 58.8 Å². The van der Waals surface area contributed by atoms with Crippen LogP contribution in [0.15, 0.2) is 36.4 Å². The average Bonchev–Trinajstić information content (AvgIpc) is 3.48. The highest BCUT2D eigenvalue weighted by Gasteiger charge is 2.27. The van der Waals surface area contributed by atoms with E-state index < -0.39 is 11.7 Å². The lowest BCUT2D eigenvalue weighted by Gasteiger charge is -2.32. The molecular weight excluding hydrogens is 546 g/mol. The number of carbonyl (C=O) groups excluding carboxylic acids is 3. The third-order valence-corrected chi connectivity index (χ3v) is 7.70. The average molecular weight is 592 g/mol. The van der Waals surface area contributed by atoms with Gasteiger partial charge in [0.1, 0.15) is 5.60 Å². The van der Waals surface area contributed by atoms with Crippen LogP contribution in [-0.2, 0) is 34.5 Å². The topological polar surface area (TPSA) is 103 Å². The zero-order valence-electron chi connectivity index (χ0n) is 26.7. The van der Waals surface area contributed by atoms with Crippen LogP contribution in [0.2, 0.25) is 0 Å². The van der Waals surface area contributed by atoms with Gasteiger partial charge in [-0.3, -0.25) is 19.3 Å². The van der Waals surface area contributed by atoms with Gasteiger partial charge >= 0.3 is 6.09 Å². The summed E-state index contributed by atoms with van der Waals surface area (Å²) in [5.41, 5.74) is 5.42. The van der Waals surface area contributed by atoms with E-state index in [2.05, 4.69) is 22.5 Å². The SMILES string of the molecule is CCN(CCNC(=O)CN(CC(=O)N(C)N1Cc2ccccc2C1)c1cc2c(C)nn(C)c2cc1C)C(=O)OC(C)(C)C. The molecule has 232 valence electrons. The van der Waals surface area contributed by atoms with Crippen LogP contribution in [0.4, 0.5) is 10.5 Å². The van der Waals surface area contributed by atoms with Crippen molar-refractivity contribution in [3.8, 4) is 0 Å². The van der Waals surface area contributed by atoms with Gasteiger partial charge in [0.05, 0.1) is 24.3 Å². The number of anilines is 1. The molecule has 4 rings (SSSR count). The number of hydrogen-bond donors (Lipinski definition) is 1. The monoisotopic (exact) mass is 591 g/mol. The zero-order chi connectivity index (χ0) is 31.5. The Hall–Kier alpha value is -4.12. The standard InChI is InChI=1S/C32H45N7O4/c1-9-37(31(42)43-32(4,5)6)15-14-33-29(40)20-38(27-17-26-23(3)34-35(7)28(26)16-22(27)2)21-30(41)36(8)39-18-24-12-10-11-13-25(24)19-39/h10-13,16-17H,9,14-15,18-21H2,1-8H3,(H,33,40). The number of amides is 3. The Morgan fingerprint density at radius 1 is 1.05 bits per heavy atom. The van der Waals surface area contributed by atoms with Gasteiger partial charge in [-0.25, -0.2) is 9.80 Å². The van der Waals surface area contributed by atoms with Gasteiger partial charge in [0.2, 0.25) is 5.91 Å². The summed E-state index contributed by atoms with van der Waals surface area (Å²) < 4.78 is 7.31. The molecule has 0 radical (unpaired) electrons. The van der Waals surface area contributed by atoms with Crippen LogP contribution in [0.3, 0.4) is 0 Å². The Morgan fingerprint density at radius 2 is 1.70 bits per heavy atom. The molecule has 43 heavy (non-hydrogen) atoms. The summed E-state index contributed by atoms with van der Waals surface area (Å²) in [6.07, 6.45) is -0.417. The van der Waals surface area contributed by atoms with Crippen LogP contribution in [0.1, 0.15) is 50.1 Å². The normalized spacial score (nSPS) is 13.1. The van der Waals surface area contributed by atoms with E-state index >= 15 is 0 Å². The lowest BCUT2D eigenvalue weighted by molar-refractivity contribution is -0.145. The number of fused-ring (bicyclic) bond motifs is 2. The molecule has 0 fully saturated rings. The predicted octanol–water partition coefficient (Wildman–Crippen LogP) is 3.76. The Morgan fingerprint density at radius 3 is 2.30 bits per heavy atom. The van der Waals surface area contributed by atoms with Gasteiger partial charge in [-0.1, -0.05) is 24.3 Å². The number of benzene rings is 2. The van der Waals surface area contributed by atoms with Crippen LogP contribution in [-0.4, -0.2) is 88.0 Å². The molecule has 1 N–H and O–H groups in total. The zero-order valence-corrected chi connectivity index (χ0v) is 26.7. The fourth-order valence-corrected chi connectivity index (χ4v) is 5.35. The van der Waals surface area contributed by atoms with E-state index in [4.69, 9.17) is 4.74 Å². The Kier molecular flexibility index (Phi) is 9.64. The van der Waals surface area contributed by atoms with Crippen LogP contribution >= 0.6 is 0 Å². The minimum Gasteiger partial charge on any atom is -0.444 e. The van der Waals surface area contributed by atoms with Crippen molar-refractivity contribution in [1.82, 2.24) is 30.0 Å². The number of ether oxygens (including phenoxy) is 1. The molecule has 0 saturated carbocycles. The maximum atomic E-state index is 13.7. The molecule has 2 heterocycles. The van der Waals surface area contributed by atoms with Crippen molar-refractivity contribution >= 4 is 34.5 Å². The molecule has 1 aromatic heterocycles. The minimum absolute atomic E-state index is 0.0153. The summed E-state index contributed by atoms with van der Waals surface area (Å²) in [5, 5.41) is 12.1. The molecule has 3 amide bonds. The van der Waals surface area contributed by atoms with Crippen molar-refractivity contribution in [1.29, 1.82) is 0 Å². The quantitative estimate of drug-likeness (QED) is 0.383. The molecule has 3 aromatic rings. The van der Waals surface area contributed by atoms with Crippen molar-refractivity contribution in [2.24, 2.45) is 7.05 Å². The first kappa shape index (κ1) is 31.8. The molecule has 0 bridgehead atoms. The number of hydrazine groups is 1. The fourth-order valence-electron chi connectivity index (χ4n) is 5.35. The van der Waals surface area contributed by atoms with Gasteiger partial charge < -0.3 is 19.9 Å². The summed E-state index contributed by atoms with van der Waals surface area (Å²) in [6, 6.07) is 12.2. The third kappa shape index (κ3) is 7.64. The number of aromatic nitrogens is 2. The second-order valence-electron chi connectivity index (χ2n) is 12.1. The number of aryl methyl sites for hydroxylation is 3. The molecule has 0 unspecified atom stereocenters. The molecule has 1 aliphatic heterocycles. The molecule has 2 aromatic carbocycles. The van der Waals surface area contributed by atoms with E-state index in [1.807, 2.05) is 87.4 Å². The first-order chi connectivity index (χ1) is 20.3. The van der Waals surface area contributed by atoms with E-state index in [1.165, 1.54) is 11.1 Å². The summed E-state index contributed by atoms with van der Waals surface area (Å²) in [7, 11) is 3.69. The smallest absolute Gasteiger partial charge is 0.410 e. The number of nitrogens with zero attached hydrogens (tertiary/aromatic N) is 6. The van der Waals surface area contributed by atoms with Crippen LogP contribution in [0, 0.1) is 13.8 Å². The Labute approximate surface area is 254 Å². The van der Waals surface area contributed by atoms with Gasteiger partial charge in [0, 0.05) is 57.9 Å². The molecule has 0 spiro atoms. The number of nitrogens with one attached hydrogen (secondary N) is 1. The second-order valence-corrected chi connectivity index (χ2v) is 12.1. The number of likely N-dealkylation sites (N-methyl/N-ethyl adjacent to an activating group) is 2. The lowest BCUT2D eigenvalue weighted by atomic mass is 10.1. The van der Waals surface area contributed by atoms with Crippen molar-refractivity contribution < 1.29 is 19.1 Å². The molecule has 11 nitrogen and oxygen atoms in total. The number of rotatable bonds is 10. The molecular formula is C32H45N7O4. The maximum Gasteiger partial charge on any atom is 0.410 e. The van der Waals surface area contributed by atoms with Crippen LogP contribution in [0.5, 0.6) is 0 Å². The van der Waals surface area contributed by atoms with E-state index in [0.717, 1.165) is 27.8 Å². The molecule has 0 saturated heterocycles.